The molecule has 258 valence electrons. The van der Waals surface area contributed by atoms with Crippen molar-refractivity contribution in [1.29, 1.82) is 10.5 Å². The number of hydrogen-bond acceptors (Lipinski definition) is 13. The number of hydrogen-bond donors (Lipinski definition) is 3. The highest BCUT2D eigenvalue weighted by Gasteiger charge is 2.25. The Morgan fingerprint density at radius 1 is 1.06 bits per heavy atom. The summed E-state index contributed by atoms with van der Waals surface area (Å²) < 4.78 is 22.4. The predicted octanol–water partition coefficient (Wildman–Crippen LogP) is 3.16. The molecule has 3 N–H and O–H groups in total. The number of methoxy groups -OCH3 is 2. The van der Waals surface area contributed by atoms with Gasteiger partial charge in [0.15, 0.2) is 23.6 Å². The minimum Gasteiger partial charge on any atom is -0.493 e. The van der Waals surface area contributed by atoms with E-state index in [0.29, 0.717) is 18.0 Å². The first-order valence-electron chi connectivity index (χ1n) is 15.2. The van der Waals surface area contributed by atoms with Gasteiger partial charge in [-0.25, -0.2) is 4.79 Å². The fourth-order valence-electron chi connectivity index (χ4n) is 4.73. The number of benzene rings is 1. The highest BCUT2D eigenvalue weighted by atomic mass is 16.5. The van der Waals surface area contributed by atoms with Crippen LogP contribution >= 0.6 is 0 Å². The van der Waals surface area contributed by atoms with E-state index in [4.69, 9.17) is 28.8 Å². The number of nitriles is 2. The van der Waals surface area contributed by atoms with Crippen LogP contribution < -0.4 is 30.1 Å². The minimum atomic E-state index is -1.42. The van der Waals surface area contributed by atoms with Crippen LogP contribution in [0.1, 0.15) is 55.1 Å². The summed E-state index contributed by atoms with van der Waals surface area (Å²) in [4.78, 5) is 58.0. The summed E-state index contributed by atoms with van der Waals surface area (Å²) in [5.74, 6) is -1.92. The van der Waals surface area contributed by atoms with Crippen molar-refractivity contribution in [3.63, 3.8) is 0 Å². The van der Waals surface area contributed by atoms with Crippen molar-refractivity contribution in [2.75, 3.05) is 38.8 Å². The van der Waals surface area contributed by atoms with Crippen LogP contribution in [-0.2, 0) is 9.59 Å². The lowest BCUT2D eigenvalue weighted by Gasteiger charge is -2.27. The molecule has 2 heterocycles. The number of carboxylic acid groups (broad SMARTS) is 2. The third-order valence-corrected chi connectivity index (χ3v) is 7.03. The number of aromatic nitrogens is 1. The first kappa shape index (κ1) is 37.3. The van der Waals surface area contributed by atoms with Gasteiger partial charge < -0.3 is 39.1 Å². The number of aliphatic carboxylic acids is 2. The molecule has 16 heteroatoms. The summed E-state index contributed by atoms with van der Waals surface area (Å²) in [5, 5.41) is 40.5. The standard InChI is InChI=1S/C33H36N6O10/c1-4-13-48-21-9-10-36-23(15-21)32(44)38-25(18-35)24(17-34)37-19-20-14-22-27(49-33(20)45)16-26(31(47-3)30(22)46-2)39(11-5-7-28(40)41)12-6-8-29(42)43/h9-10,14-16,19,24-25H,4-8,11-13H2,1-3H3,(H,38,44)(H,40,41)(H,42,43). The van der Waals surface area contributed by atoms with Gasteiger partial charge in [-0.2, -0.15) is 10.5 Å². The Labute approximate surface area is 281 Å². The SMILES string of the molecule is CCCOc1ccnc(C(=O)NC(C#N)C(C#N)N=Cc2cc3c(OC)c(OC)c(N(CCCC(=O)O)CCCC(=O)O)cc3oc2=O)c1. The molecule has 2 aromatic heterocycles. The first-order valence-corrected chi connectivity index (χ1v) is 15.2. The molecular formula is C33H36N6O10. The van der Waals surface area contributed by atoms with Crippen LogP contribution in [-0.4, -0.2) is 85.3 Å². The van der Waals surface area contributed by atoms with Crippen LogP contribution in [0.5, 0.6) is 17.2 Å². The fraction of sp³-hybridized carbons (Fsp3) is 0.394. The summed E-state index contributed by atoms with van der Waals surface area (Å²) in [6, 6.07) is 6.75. The normalized spacial score (nSPS) is 12.0. The van der Waals surface area contributed by atoms with Gasteiger partial charge in [0, 0.05) is 50.5 Å². The largest absolute Gasteiger partial charge is 0.493 e. The van der Waals surface area contributed by atoms with E-state index in [2.05, 4.69) is 15.3 Å². The average molecular weight is 677 g/mol. The zero-order valence-corrected chi connectivity index (χ0v) is 27.2. The van der Waals surface area contributed by atoms with Crippen molar-refractivity contribution in [3.05, 3.63) is 52.1 Å². The molecule has 2 unspecified atom stereocenters. The second-order valence-electron chi connectivity index (χ2n) is 10.5. The van der Waals surface area contributed by atoms with Crippen LogP contribution in [0, 0.1) is 22.7 Å². The van der Waals surface area contributed by atoms with Gasteiger partial charge >= 0.3 is 17.6 Å². The average Bonchev–Trinajstić information content (AvgIpc) is 3.08. The molecule has 3 aromatic rings. The number of carbonyl (C=O) groups is 3. The van der Waals surface area contributed by atoms with Gasteiger partial charge in [0.2, 0.25) is 0 Å². The first-order chi connectivity index (χ1) is 23.6. The zero-order valence-electron chi connectivity index (χ0n) is 27.2. The fourth-order valence-corrected chi connectivity index (χ4v) is 4.73. The molecule has 2 atom stereocenters. The maximum Gasteiger partial charge on any atom is 0.345 e. The molecule has 1 amide bonds. The molecule has 1 aromatic carbocycles. The second kappa shape index (κ2) is 18.2. The van der Waals surface area contributed by atoms with Crippen molar-refractivity contribution >= 4 is 40.7 Å². The molecule has 0 saturated carbocycles. The van der Waals surface area contributed by atoms with Crippen molar-refractivity contribution in [2.24, 2.45) is 4.99 Å². The van der Waals surface area contributed by atoms with Gasteiger partial charge in [-0.15, -0.1) is 0 Å². The van der Waals surface area contributed by atoms with E-state index in [1.807, 2.05) is 19.1 Å². The number of pyridine rings is 1. The summed E-state index contributed by atoms with van der Waals surface area (Å²) in [5.41, 5.74) is -0.521. The number of carboxylic acids is 2. The summed E-state index contributed by atoms with van der Waals surface area (Å²) in [7, 11) is 2.75. The molecule has 3 rings (SSSR count). The minimum absolute atomic E-state index is 0.0348. The Morgan fingerprint density at radius 2 is 1.73 bits per heavy atom. The third-order valence-electron chi connectivity index (χ3n) is 7.03. The monoisotopic (exact) mass is 676 g/mol. The van der Waals surface area contributed by atoms with Crippen LogP contribution in [0.2, 0.25) is 0 Å². The predicted molar refractivity (Wildman–Crippen MR) is 175 cm³/mol. The third kappa shape index (κ3) is 10.2. The number of amides is 1. The second-order valence-corrected chi connectivity index (χ2v) is 10.5. The van der Waals surface area contributed by atoms with Gasteiger partial charge in [-0.1, -0.05) is 6.92 Å². The number of nitrogens with one attached hydrogen (secondary N) is 1. The van der Waals surface area contributed by atoms with Crippen molar-refractivity contribution in [2.45, 2.75) is 51.1 Å². The van der Waals surface area contributed by atoms with E-state index >= 15 is 0 Å². The molecular weight excluding hydrogens is 640 g/mol. The van der Waals surface area contributed by atoms with Gasteiger partial charge in [0.1, 0.15) is 17.0 Å². The smallest absolute Gasteiger partial charge is 0.345 e. The number of ether oxygens (including phenoxy) is 3. The van der Waals surface area contributed by atoms with E-state index in [-0.39, 0.29) is 72.5 Å². The van der Waals surface area contributed by atoms with Gasteiger partial charge in [-0.05, 0) is 31.4 Å². The molecule has 16 nitrogen and oxygen atoms in total. The van der Waals surface area contributed by atoms with Crippen LogP contribution in [0.3, 0.4) is 0 Å². The van der Waals surface area contributed by atoms with Crippen LogP contribution in [0.4, 0.5) is 5.69 Å². The summed E-state index contributed by atoms with van der Waals surface area (Å²) in [6.07, 6.45) is 3.41. The number of rotatable bonds is 19. The Kier molecular flexibility index (Phi) is 13.9. The van der Waals surface area contributed by atoms with Crippen LogP contribution in [0.15, 0.2) is 44.7 Å². The molecule has 49 heavy (non-hydrogen) atoms. The Balaban J connectivity index is 1.95. The molecule has 0 bridgehead atoms. The number of nitrogens with zero attached hydrogens (tertiary/aromatic N) is 5. The van der Waals surface area contributed by atoms with Crippen LogP contribution in [0.25, 0.3) is 11.0 Å². The highest BCUT2D eigenvalue weighted by Crippen LogP contribution is 2.43. The van der Waals surface area contributed by atoms with E-state index in [1.54, 1.807) is 11.0 Å². The van der Waals surface area contributed by atoms with Crippen molar-refractivity contribution in [1.82, 2.24) is 10.3 Å². The number of carbonyl (C=O) groups excluding carboxylic acids is 1. The molecule has 0 spiro atoms. The molecule has 0 aliphatic rings. The van der Waals surface area contributed by atoms with E-state index in [9.17, 15) is 29.7 Å². The lowest BCUT2D eigenvalue weighted by molar-refractivity contribution is -0.138. The zero-order chi connectivity index (χ0) is 35.9. The van der Waals surface area contributed by atoms with Gasteiger partial charge in [0.05, 0.1) is 49.6 Å². The highest BCUT2D eigenvalue weighted by molar-refractivity contribution is 5.96. The lowest BCUT2D eigenvalue weighted by atomic mass is 10.1. The quantitative estimate of drug-likeness (QED) is 0.122. The topological polar surface area (TPSA) is 238 Å². The van der Waals surface area contributed by atoms with Gasteiger partial charge in [-0.3, -0.25) is 24.4 Å². The summed E-state index contributed by atoms with van der Waals surface area (Å²) in [6.45, 7) is 2.82. The summed E-state index contributed by atoms with van der Waals surface area (Å²) >= 11 is 0. The Hall–Kier alpha value is -6.16. The van der Waals surface area contributed by atoms with E-state index in [1.165, 1.54) is 38.6 Å². The Morgan fingerprint density at radius 3 is 2.31 bits per heavy atom. The molecule has 0 fully saturated rings. The molecule has 0 aliphatic carbocycles. The molecule has 0 saturated heterocycles. The van der Waals surface area contributed by atoms with Crippen molar-refractivity contribution in [3.8, 4) is 29.4 Å². The lowest BCUT2D eigenvalue weighted by Crippen LogP contribution is -2.41. The number of aliphatic imine (C=N–C) groups is 1. The van der Waals surface area contributed by atoms with E-state index in [0.717, 1.165) is 12.6 Å². The van der Waals surface area contributed by atoms with Crippen molar-refractivity contribution < 1.29 is 43.2 Å². The Bertz CT molecular complexity index is 1810. The molecule has 0 radical (unpaired) electrons. The number of anilines is 1. The molecule has 0 aliphatic heterocycles. The maximum absolute atomic E-state index is 13.1. The number of fused-ring (bicyclic) bond motifs is 1. The van der Waals surface area contributed by atoms with Gasteiger partial charge in [0.25, 0.3) is 5.91 Å². The van der Waals surface area contributed by atoms with E-state index < -0.39 is 35.6 Å². The maximum atomic E-state index is 13.1.